The summed E-state index contributed by atoms with van der Waals surface area (Å²) in [4.78, 5) is 14.4. The van der Waals surface area contributed by atoms with Crippen LogP contribution in [0.5, 0.6) is 0 Å². The fraction of sp³-hybridized carbons (Fsp3) is 0.300. The van der Waals surface area contributed by atoms with E-state index in [9.17, 15) is 9.90 Å². The number of hydrogen-bond acceptors (Lipinski definition) is 2. The summed E-state index contributed by atoms with van der Waals surface area (Å²) in [7, 11) is 0. The van der Waals surface area contributed by atoms with E-state index in [-0.39, 0.29) is 47.9 Å². The maximum atomic E-state index is 9.60. The average molecular weight is 762 g/mol. The molecule has 1 aromatic heterocycles. The molecule has 0 amide bonds. The van der Waals surface area contributed by atoms with Crippen molar-refractivity contribution in [2.24, 2.45) is 10.8 Å². The molecule has 4 heteroatoms. The molecular weight excluding hydrogens is 719 g/mol. The zero-order chi connectivity index (χ0) is 31.3. The minimum Gasteiger partial charge on any atom is -0.511 e. The van der Waals surface area contributed by atoms with Gasteiger partial charge in [0, 0.05) is 31.7 Å². The van der Waals surface area contributed by atoms with Crippen molar-refractivity contribution in [3.63, 3.8) is 0 Å². The van der Waals surface area contributed by atoms with Gasteiger partial charge >= 0.3 is 5.78 Å². The van der Waals surface area contributed by atoms with Crippen molar-refractivity contribution in [1.82, 2.24) is 4.98 Å². The zero-order valence-corrected chi connectivity index (χ0v) is 29.7. The Morgan fingerprint density at radius 3 is 2.16 bits per heavy atom. The smallest absolute Gasteiger partial charge is 0.325 e. The van der Waals surface area contributed by atoms with E-state index in [0.29, 0.717) is 0 Å². The van der Waals surface area contributed by atoms with Gasteiger partial charge in [-0.05, 0) is 65.1 Å². The van der Waals surface area contributed by atoms with Gasteiger partial charge in [-0.2, -0.15) is 0 Å². The molecule has 1 aliphatic carbocycles. The molecule has 1 heterocycles. The molecular formula is C40H43IrNO2. The summed E-state index contributed by atoms with van der Waals surface area (Å²) < 4.78 is 0. The Morgan fingerprint density at radius 2 is 1.48 bits per heavy atom. The number of aliphatic hydroxyl groups is 1. The predicted octanol–water partition coefficient (Wildman–Crippen LogP) is 10.5. The maximum absolute atomic E-state index is 9.60. The Hall–Kier alpha value is -3.59. The first kappa shape index (κ1) is 33.3. The fourth-order valence-corrected chi connectivity index (χ4v) is 5.79. The van der Waals surface area contributed by atoms with Crippen molar-refractivity contribution in [2.45, 2.75) is 67.7 Å². The van der Waals surface area contributed by atoms with Crippen molar-refractivity contribution < 1.29 is 30.0 Å². The van der Waals surface area contributed by atoms with Crippen LogP contribution in [0.4, 0.5) is 0 Å². The number of ketones is 1. The number of benzene rings is 4. The van der Waals surface area contributed by atoms with Gasteiger partial charge in [-0.25, -0.2) is 0 Å². The summed E-state index contributed by atoms with van der Waals surface area (Å²) in [6.07, 6.45) is 3.38. The second kappa shape index (κ2) is 12.1. The molecule has 0 fully saturated rings. The molecule has 0 bridgehead atoms. The molecule has 6 rings (SSSR count). The summed E-state index contributed by atoms with van der Waals surface area (Å²) in [5.74, 6) is 0.417. The second-order valence-corrected chi connectivity index (χ2v) is 14.2. The minimum atomic E-state index is -0.306. The van der Waals surface area contributed by atoms with Crippen LogP contribution in [0.25, 0.3) is 43.9 Å². The number of aliphatic hydroxyl groups excluding tert-OH is 1. The zero-order valence-electron chi connectivity index (χ0n) is 27.3. The van der Waals surface area contributed by atoms with Gasteiger partial charge in [0.2, 0.25) is 0 Å². The fourth-order valence-electron chi connectivity index (χ4n) is 5.79. The van der Waals surface area contributed by atoms with Gasteiger partial charge in [-0.1, -0.05) is 113 Å². The SMILES string of the molecule is CC(C)(C)C(=[OH+])/C=C(\O)C(C)(C)C.Cc1[c-]c(-c2nccc3c2ccc2ccccc23)cc2c1-c1ccccc1C2(C)C.[Ir]. The Labute approximate surface area is 275 Å². The van der Waals surface area contributed by atoms with Gasteiger partial charge in [-0.15, -0.1) is 28.8 Å². The largest absolute Gasteiger partial charge is 0.511 e. The third kappa shape index (κ3) is 6.16. The van der Waals surface area contributed by atoms with E-state index in [1.807, 2.05) is 47.7 Å². The summed E-state index contributed by atoms with van der Waals surface area (Å²) in [6.45, 7) is 18.2. The number of rotatable bonds is 2. The van der Waals surface area contributed by atoms with Crippen LogP contribution in [-0.4, -0.2) is 20.7 Å². The second-order valence-electron chi connectivity index (χ2n) is 14.2. The van der Waals surface area contributed by atoms with Gasteiger partial charge in [0.1, 0.15) is 5.76 Å². The summed E-state index contributed by atoms with van der Waals surface area (Å²) in [5, 5.41) is 14.5. The van der Waals surface area contributed by atoms with Gasteiger partial charge < -0.3 is 10.1 Å². The van der Waals surface area contributed by atoms with Crippen LogP contribution in [-0.2, 0) is 25.5 Å². The van der Waals surface area contributed by atoms with Crippen molar-refractivity contribution in [2.75, 3.05) is 0 Å². The van der Waals surface area contributed by atoms with Crippen molar-refractivity contribution in [3.05, 3.63) is 114 Å². The van der Waals surface area contributed by atoms with E-state index < -0.39 is 0 Å². The predicted molar refractivity (Wildman–Crippen MR) is 182 cm³/mol. The van der Waals surface area contributed by atoms with E-state index in [1.54, 1.807) is 0 Å². The molecule has 44 heavy (non-hydrogen) atoms. The van der Waals surface area contributed by atoms with Crippen LogP contribution in [0.3, 0.4) is 0 Å². The molecule has 229 valence electrons. The number of allylic oxidation sites excluding steroid dienone is 2. The summed E-state index contributed by atoms with van der Waals surface area (Å²) in [6, 6.07) is 29.9. The molecule has 0 spiro atoms. The van der Waals surface area contributed by atoms with Crippen LogP contribution in [0, 0.1) is 23.8 Å². The number of fused-ring (bicyclic) bond motifs is 6. The Morgan fingerprint density at radius 1 is 0.818 bits per heavy atom. The molecule has 0 aliphatic heterocycles. The molecule has 0 unspecified atom stereocenters. The van der Waals surface area contributed by atoms with Crippen molar-refractivity contribution >= 4 is 27.3 Å². The third-order valence-electron chi connectivity index (χ3n) is 8.53. The monoisotopic (exact) mass is 762 g/mol. The van der Waals surface area contributed by atoms with Crippen LogP contribution in [0.15, 0.2) is 90.8 Å². The molecule has 0 atom stereocenters. The molecule has 5 aromatic rings. The van der Waals surface area contributed by atoms with Crippen LogP contribution < -0.4 is 0 Å². The number of aryl methyl sites for hydroxylation is 1. The van der Waals surface area contributed by atoms with Gasteiger partial charge in [0.25, 0.3) is 0 Å². The van der Waals surface area contributed by atoms with Crippen LogP contribution >= 0.6 is 0 Å². The van der Waals surface area contributed by atoms with Crippen LogP contribution in [0.2, 0.25) is 0 Å². The van der Waals surface area contributed by atoms with E-state index in [0.717, 1.165) is 11.3 Å². The molecule has 1 aliphatic rings. The number of carbonyl (C=O) groups excluding carboxylic acids is 1. The summed E-state index contributed by atoms with van der Waals surface area (Å²) in [5.41, 5.74) is 8.08. The Balaban J connectivity index is 0.000000271. The average Bonchev–Trinajstić information content (AvgIpc) is 3.18. The quantitative estimate of drug-likeness (QED) is 0.0640. The molecule has 2 N–H and O–H groups in total. The molecule has 4 aromatic carbocycles. The number of hydrogen-bond donors (Lipinski definition) is 1. The topological polar surface area (TPSA) is 54.5 Å². The first-order chi connectivity index (χ1) is 20.1. The van der Waals surface area contributed by atoms with Gasteiger partial charge in [0.15, 0.2) is 0 Å². The molecule has 3 nitrogen and oxygen atoms in total. The van der Waals surface area contributed by atoms with E-state index in [2.05, 4.69) is 99.6 Å². The van der Waals surface area contributed by atoms with E-state index >= 15 is 0 Å². The van der Waals surface area contributed by atoms with Crippen molar-refractivity contribution in [3.8, 4) is 22.4 Å². The normalized spacial score (nSPS) is 13.9. The maximum Gasteiger partial charge on any atom is 0.325 e. The molecule has 0 saturated carbocycles. The van der Waals surface area contributed by atoms with Gasteiger partial charge in [-0.3, -0.25) is 4.79 Å². The van der Waals surface area contributed by atoms with Gasteiger partial charge in [0.05, 0.1) is 11.5 Å². The first-order valence-corrected chi connectivity index (χ1v) is 15.0. The Bertz CT molecular complexity index is 1900. The molecule has 0 saturated heterocycles. The third-order valence-corrected chi connectivity index (χ3v) is 8.53. The first-order valence-electron chi connectivity index (χ1n) is 15.0. The minimum absolute atomic E-state index is 0. The number of nitrogens with zero attached hydrogens (tertiary/aromatic N) is 1. The Kier molecular flexibility index (Phi) is 9.13. The summed E-state index contributed by atoms with van der Waals surface area (Å²) >= 11 is 0. The standard InChI is InChI=1S/C29H22N.C11H20O2.Ir/c1-18-16-20(17-26-27(18)24-10-6-7-11-25(24)29(26,2)3)28-23-13-12-19-8-4-5-9-21(19)22(23)14-15-30-28;1-10(2,3)8(12)7-9(13)11(4,5)6;/h4-15,17H,1-3H3;7,12H,1-6H3;/q-1;;/p+1/b;8-7-;. The van der Waals surface area contributed by atoms with E-state index in [4.69, 9.17) is 4.98 Å². The number of pyridine rings is 1. The van der Waals surface area contributed by atoms with E-state index in [1.165, 1.54) is 55.4 Å². The van der Waals surface area contributed by atoms with Crippen LogP contribution in [0.1, 0.15) is 72.1 Å². The number of aromatic nitrogens is 1. The van der Waals surface area contributed by atoms with Crippen molar-refractivity contribution in [1.29, 1.82) is 0 Å². The molecule has 1 radical (unpaired) electrons.